The summed E-state index contributed by atoms with van der Waals surface area (Å²) in [5.74, 6) is 0.763. The van der Waals surface area contributed by atoms with Gasteiger partial charge in [0, 0.05) is 31.0 Å². The molecule has 3 aliphatic rings. The van der Waals surface area contributed by atoms with Crippen LogP contribution >= 0.6 is 0 Å². The summed E-state index contributed by atoms with van der Waals surface area (Å²) >= 11 is 0. The van der Waals surface area contributed by atoms with Crippen LogP contribution in [0, 0.1) is 11.3 Å². The van der Waals surface area contributed by atoms with Crippen LogP contribution in [0.1, 0.15) is 73.1 Å². The van der Waals surface area contributed by atoms with Crippen molar-refractivity contribution >= 4 is 12.0 Å². The molecule has 1 aromatic heterocycles. The van der Waals surface area contributed by atoms with E-state index < -0.39 is 11.7 Å². The molecule has 2 aliphatic heterocycles. The maximum absolute atomic E-state index is 13.5. The summed E-state index contributed by atoms with van der Waals surface area (Å²) in [6, 6.07) is 7.46. The first-order valence-corrected chi connectivity index (χ1v) is 12.4. The van der Waals surface area contributed by atoms with Crippen LogP contribution in [-0.2, 0) is 16.0 Å². The minimum Gasteiger partial charge on any atom is -0.444 e. The largest absolute Gasteiger partial charge is 0.444 e. The van der Waals surface area contributed by atoms with E-state index in [9.17, 15) is 14.9 Å². The van der Waals surface area contributed by atoms with Crippen molar-refractivity contribution in [1.29, 1.82) is 5.26 Å². The van der Waals surface area contributed by atoms with E-state index in [1.165, 1.54) is 0 Å². The highest BCUT2D eigenvalue weighted by Gasteiger charge is 2.44. The molecule has 2 aromatic rings. The number of carbonyl (C=O) groups is 2. The van der Waals surface area contributed by atoms with E-state index in [-0.39, 0.29) is 18.0 Å². The van der Waals surface area contributed by atoms with Crippen LogP contribution in [0.15, 0.2) is 24.4 Å². The molecule has 9 nitrogen and oxygen atoms in total. The summed E-state index contributed by atoms with van der Waals surface area (Å²) in [5, 5.41) is 9.39. The van der Waals surface area contributed by atoms with Crippen LogP contribution in [0.3, 0.4) is 0 Å². The minimum absolute atomic E-state index is 0.162. The van der Waals surface area contributed by atoms with Crippen LogP contribution in [0.5, 0.6) is 0 Å². The molecular weight excluding hydrogens is 458 g/mol. The van der Waals surface area contributed by atoms with E-state index in [4.69, 9.17) is 9.47 Å². The van der Waals surface area contributed by atoms with Crippen molar-refractivity contribution in [3.8, 4) is 17.5 Å². The third-order valence-electron chi connectivity index (χ3n) is 6.93. The average molecular weight is 490 g/mol. The first-order valence-electron chi connectivity index (χ1n) is 12.4. The molecule has 1 saturated heterocycles. The molecule has 2 amide bonds. The highest BCUT2D eigenvalue weighted by molar-refractivity contribution is 5.97. The smallest absolute Gasteiger partial charge is 0.410 e. The van der Waals surface area contributed by atoms with Gasteiger partial charge in [0.25, 0.3) is 5.91 Å². The van der Waals surface area contributed by atoms with Crippen LogP contribution in [0.25, 0.3) is 11.4 Å². The lowest BCUT2D eigenvalue weighted by molar-refractivity contribution is 0.0140. The Morgan fingerprint density at radius 3 is 2.72 bits per heavy atom. The molecule has 1 saturated carbocycles. The van der Waals surface area contributed by atoms with Crippen molar-refractivity contribution in [2.24, 2.45) is 0 Å². The van der Waals surface area contributed by atoms with Gasteiger partial charge in [0.2, 0.25) is 0 Å². The van der Waals surface area contributed by atoms with E-state index >= 15 is 0 Å². The molecule has 36 heavy (non-hydrogen) atoms. The highest BCUT2D eigenvalue weighted by Crippen LogP contribution is 2.44. The Labute approximate surface area is 211 Å². The maximum atomic E-state index is 13.5. The Kier molecular flexibility index (Phi) is 6.17. The van der Waals surface area contributed by atoms with E-state index in [1.807, 2.05) is 39.0 Å². The molecule has 0 N–H and O–H groups in total. The van der Waals surface area contributed by atoms with Gasteiger partial charge < -0.3 is 19.3 Å². The second-order valence-corrected chi connectivity index (χ2v) is 10.8. The van der Waals surface area contributed by atoms with Crippen molar-refractivity contribution < 1.29 is 19.1 Å². The number of hydrogen-bond donors (Lipinski definition) is 0. The van der Waals surface area contributed by atoms with Gasteiger partial charge in [-0.05, 0) is 63.6 Å². The fraction of sp³-hybridized carbons (Fsp3) is 0.519. The quantitative estimate of drug-likeness (QED) is 0.627. The lowest BCUT2D eigenvalue weighted by Crippen LogP contribution is -2.43. The van der Waals surface area contributed by atoms with Crippen molar-refractivity contribution in [3.63, 3.8) is 0 Å². The number of fused-ring (bicyclic) bond motifs is 1. The second-order valence-electron chi connectivity index (χ2n) is 10.8. The van der Waals surface area contributed by atoms with Gasteiger partial charge in [0.15, 0.2) is 5.82 Å². The number of rotatable bonds is 5. The zero-order chi connectivity index (χ0) is 25.6. The zero-order valence-electron chi connectivity index (χ0n) is 21.2. The van der Waals surface area contributed by atoms with Gasteiger partial charge in [0.05, 0.1) is 36.9 Å². The summed E-state index contributed by atoms with van der Waals surface area (Å²) in [5.41, 5.74) is 3.05. The summed E-state index contributed by atoms with van der Waals surface area (Å²) in [7, 11) is 1.60. The number of benzene rings is 1. The fourth-order valence-electron chi connectivity index (χ4n) is 5.11. The number of nitrogens with zero attached hydrogens (tertiary/aromatic N) is 5. The Hall–Kier alpha value is -3.51. The van der Waals surface area contributed by atoms with Crippen molar-refractivity contribution in [3.05, 3.63) is 46.8 Å². The van der Waals surface area contributed by atoms with Crippen molar-refractivity contribution in [1.82, 2.24) is 19.8 Å². The normalized spacial score (nSPS) is 21.5. The van der Waals surface area contributed by atoms with Gasteiger partial charge in [-0.3, -0.25) is 4.79 Å². The topological polar surface area (TPSA) is 109 Å². The number of hydrogen-bond acceptors (Lipinski definition) is 7. The van der Waals surface area contributed by atoms with Gasteiger partial charge in [-0.15, -0.1) is 0 Å². The Morgan fingerprint density at radius 1 is 1.28 bits per heavy atom. The van der Waals surface area contributed by atoms with Crippen molar-refractivity contribution in [2.75, 3.05) is 20.3 Å². The zero-order valence-corrected chi connectivity index (χ0v) is 21.2. The van der Waals surface area contributed by atoms with Gasteiger partial charge in [-0.2, -0.15) is 5.26 Å². The molecule has 0 bridgehead atoms. The molecule has 9 heteroatoms. The molecular formula is C27H31N5O4. The average Bonchev–Trinajstić information content (AvgIpc) is 3.52. The second kappa shape index (κ2) is 9.17. The number of aromatic nitrogens is 2. The SMILES string of the molecule is COC[C@@H]1C[C@@H](N2Cc3cnc(-c4cc(C#N)ccc4C4CC4)nc3C2=O)CN1C(=O)OC(C)(C)C. The summed E-state index contributed by atoms with van der Waals surface area (Å²) in [4.78, 5) is 39.1. The van der Waals surface area contributed by atoms with Crippen LogP contribution in [0.4, 0.5) is 4.79 Å². The standard InChI is InChI=1S/C27H31N5O4/c1-27(2,3)36-26(34)32-14-19(10-20(32)15-35-4)31-13-18-12-29-24(30-23(18)25(31)33)22-9-16(11-28)5-8-21(22)17-6-7-17/h5,8-9,12,17,19-20H,6-7,10,13-15H2,1-4H3/t19-,20+/m1/s1. The van der Waals surface area contributed by atoms with E-state index in [1.54, 1.807) is 23.1 Å². The Morgan fingerprint density at radius 2 is 2.06 bits per heavy atom. The predicted octanol–water partition coefficient (Wildman–Crippen LogP) is 3.87. The molecule has 1 aromatic carbocycles. The highest BCUT2D eigenvalue weighted by atomic mass is 16.6. The summed E-state index contributed by atoms with van der Waals surface area (Å²) in [6.07, 6.45) is 4.13. The monoisotopic (exact) mass is 489 g/mol. The number of carbonyl (C=O) groups excluding carboxylic acids is 2. The van der Waals surface area contributed by atoms with Crippen LogP contribution < -0.4 is 0 Å². The molecule has 0 radical (unpaired) electrons. The molecule has 0 spiro atoms. The van der Waals surface area contributed by atoms with Gasteiger partial charge >= 0.3 is 6.09 Å². The minimum atomic E-state index is -0.610. The molecule has 2 fully saturated rings. The first kappa shape index (κ1) is 24.2. The third-order valence-corrected chi connectivity index (χ3v) is 6.93. The Balaban J connectivity index is 1.39. The maximum Gasteiger partial charge on any atom is 0.410 e. The van der Waals surface area contributed by atoms with Gasteiger partial charge in [-0.25, -0.2) is 14.8 Å². The van der Waals surface area contributed by atoms with Crippen LogP contribution in [0.2, 0.25) is 0 Å². The summed E-state index contributed by atoms with van der Waals surface area (Å²) < 4.78 is 11.0. The molecule has 1 aliphatic carbocycles. The lowest BCUT2D eigenvalue weighted by Gasteiger charge is -2.28. The van der Waals surface area contributed by atoms with Crippen LogP contribution in [-0.4, -0.2) is 69.7 Å². The molecule has 5 rings (SSSR count). The molecule has 188 valence electrons. The Bertz CT molecular complexity index is 1240. The van der Waals surface area contributed by atoms with Gasteiger partial charge in [-0.1, -0.05) is 6.07 Å². The molecule has 2 atom stereocenters. The number of likely N-dealkylation sites (tertiary alicyclic amines) is 1. The first-order chi connectivity index (χ1) is 17.2. The predicted molar refractivity (Wildman–Crippen MR) is 131 cm³/mol. The summed E-state index contributed by atoms with van der Waals surface area (Å²) in [6.45, 7) is 6.65. The van der Waals surface area contributed by atoms with E-state index in [2.05, 4.69) is 16.0 Å². The lowest BCUT2D eigenvalue weighted by atomic mass is 10.00. The fourth-order valence-corrected chi connectivity index (χ4v) is 5.11. The third kappa shape index (κ3) is 4.65. The number of ether oxygens (including phenoxy) is 2. The van der Waals surface area contributed by atoms with Crippen molar-refractivity contribution in [2.45, 2.75) is 70.2 Å². The van der Waals surface area contributed by atoms with Gasteiger partial charge in [0.1, 0.15) is 11.3 Å². The van der Waals surface area contributed by atoms with E-state index in [0.717, 1.165) is 29.5 Å². The molecule has 3 heterocycles. The van der Waals surface area contributed by atoms with E-state index in [0.29, 0.717) is 49.1 Å². The number of amides is 2. The number of methoxy groups -OCH3 is 1. The molecule has 0 unspecified atom stereocenters. The number of nitriles is 1.